The van der Waals surface area contributed by atoms with Crippen molar-refractivity contribution in [3.63, 3.8) is 0 Å². The molecule has 1 aliphatic carbocycles. The Labute approximate surface area is 95.6 Å². The third-order valence-electron chi connectivity index (χ3n) is 2.66. The highest BCUT2D eigenvalue weighted by Gasteiger charge is 2.27. The number of hydrogen-bond donors (Lipinski definition) is 1. The lowest BCUT2D eigenvalue weighted by atomic mass is 10.2. The van der Waals surface area contributed by atoms with Crippen LogP contribution in [0.15, 0.2) is 12.1 Å². The first-order valence-corrected chi connectivity index (χ1v) is 5.32. The van der Waals surface area contributed by atoms with Crippen molar-refractivity contribution in [2.45, 2.75) is 18.9 Å². The average Bonchev–Trinajstić information content (AvgIpc) is 2.98. The molecular weight excluding hydrogens is 230 g/mol. The normalized spacial score (nSPS) is 15.6. The maximum absolute atomic E-state index is 10.8. The van der Waals surface area contributed by atoms with Gasteiger partial charge in [-0.1, -0.05) is 16.8 Å². The van der Waals surface area contributed by atoms with Gasteiger partial charge in [0.1, 0.15) is 11.0 Å². The number of aromatic carboxylic acids is 1. The highest BCUT2D eigenvalue weighted by Crippen LogP contribution is 2.38. The number of nitrogens with zero attached hydrogens (tertiary/aromatic N) is 3. The number of halogens is 1. The Morgan fingerprint density at radius 1 is 1.50 bits per heavy atom. The van der Waals surface area contributed by atoms with Crippen molar-refractivity contribution >= 4 is 28.6 Å². The Hall–Kier alpha value is -1.62. The largest absolute Gasteiger partial charge is 0.478 e. The van der Waals surface area contributed by atoms with Crippen LogP contribution in [0.25, 0.3) is 11.0 Å². The van der Waals surface area contributed by atoms with Gasteiger partial charge in [0.15, 0.2) is 0 Å². The number of carboxylic acids is 1. The van der Waals surface area contributed by atoms with Gasteiger partial charge >= 0.3 is 5.97 Å². The van der Waals surface area contributed by atoms with Crippen LogP contribution in [0.4, 0.5) is 0 Å². The van der Waals surface area contributed by atoms with Crippen molar-refractivity contribution in [1.29, 1.82) is 0 Å². The number of aromatic nitrogens is 3. The third-order valence-corrected chi connectivity index (χ3v) is 2.95. The van der Waals surface area contributed by atoms with Crippen molar-refractivity contribution in [2.24, 2.45) is 0 Å². The Bertz CT molecular complexity index is 589. The SMILES string of the molecule is O=C(O)c1cc(Cl)c2c(c1)nnn2C1CC1. The van der Waals surface area contributed by atoms with Gasteiger partial charge in [0.25, 0.3) is 0 Å². The number of benzene rings is 1. The third kappa shape index (κ3) is 1.36. The first kappa shape index (κ1) is 9.59. The number of hydrogen-bond acceptors (Lipinski definition) is 3. The second kappa shape index (κ2) is 3.18. The van der Waals surface area contributed by atoms with Crippen LogP contribution in [-0.2, 0) is 0 Å². The van der Waals surface area contributed by atoms with Gasteiger partial charge in [-0.25, -0.2) is 9.48 Å². The minimum atomic E-state index is -1.01. The molecule has 0 bridgehead atoms. The quantitative estimate of drug-likeness (QED) is 0.869. The number of fused-ring (bicyclic) bond motifs is 1. The van der Waals surface area contributed by atoms with E-state index in [4.69, 9.17) is 16.7 Å². The summed E-state index contributed by atoms with van der Waals surface area (Å²) >= 11 is 6.06. The summed E-state index contributed by atoms with van der Waals surface area (Å²) in [4.78, 5) is 10.8. The van der Waals surface area contributed by atoms with Crippen LogP contribution < -0.4 is 0 Å². The molecule has 1 fully saturated rings. The fourth-order valence-electron chi connectivity index (χ4n) is 1.73. The zero-order valence-corrected chi connectivity index (χ0v) is 8.98. The Kier molecular flexibility index (Phi) is 1.91. The number of carboxylic acid groups (broad SMARTS) is 1. The molecule has 6 heteroatoms. The molecule has 0 atom stereocenters. The first-order chi connectivity index (χ1) is 7.66. The summed E-state index contributed by atoms with van der Waals surface area (Å²) in [7, 11) is 0. The van der Waals surface area contributed by atoms with E-state index in [1.54, 1.807) is 4.68 Å². The zero-order valence-electron chi connectivity index (χ0n) is 8.22. The summed E-state index contributed by atoms with van der Waals surface area (Å²) < 4.78 is 1.78. The van der Waals surface area contributed by atoms with E-state index >= 15 is 0 Å². The van der Waals surface area contributed by atoms with Gasteiger partial charge in [-0.05, 0) is 25.0 Å². The van der Waals surface area contributed by atoms with Gasteiger partial charge in [0.2, 0.25) is 0 Å². The van der Waals surface area contributed by atoms with Crippen LogP contribution in [0.1, 0.15) is 29.2 Å². The molecule has 0 amide bonds. The molecule has 0 aliphatic heterocycles. The summed E-state index contributed by atoms with van der Waals surface area (Å²) in [5.41, 5.74) is 1.41. The predicted octanol–water partition coefficient (Wildman–Crippen LogP) is 2.12. The average molecular weight is 238 g/mol. The molecule has 1 aliphatic rings. The van der Waals surface area contributed by atoms with Crippen molar-refractivity contribution in [3.05, 3.63) is 22.7 Å². The minimum Gasteiger partial charge on any atom is -0.478 e. The van der Waals surface area contributed by atoms with Gasteiger partial charge in [0.05, 0.1) is 16.6 Å². The first-order valence-electron chi connectivity index (χ1n) is 4.94. The van der Waals surface area contributed by atoms with Crippen molar-refractivity contribution in [2.75, 3.05) is 0 Å². The van der Waals surface area contributed by atoms with E-state index in [9.17, 15) is 4.79 Å². The van der Waals surface area contributed by atoms with Crippen LogP contribution >= 0.6 is 11.6 Å². The molecule has 1 aromatic heterocycles. The lowest BCUT2D eigenvalue weighted by Gasteiger charge is -2.01. The maximum atomic E-state index is 10.8. The molecule has 16 heavy (non-hydrogen) atoms. The Balaban J connectivity index is 2.25. The predicted molar refractivity (Wildman–Crippen MR) is 57.8 cm³/mol. The molecule has 82 valence electrons. The second-order valence-corrected chi connectivity index (χ2v) is 4.30. The Morgan fingerprint density at radius 3 is 2.88 bits per heavy atom. The monoisotopic (exact) mass is 237 g/mol. The summed E-state index contributed by atoms with van der Waals surface area (Å²) in [6.45, 7) is 0. The molecule has 1 N–H and O–H groups in total. The standard InChI is InChI=1S/C10H8ClN3O2/c11-7-3-5(10(15)16)4-8-9(7)14(13-12-8)6-1-2-6/h3-4,6H,1-2H2,(H,15,16). The van der Waals surface area contributed by atoms with Crippen LogP contribution in [0.5, 0.6) is 0 Å². The van der Waals surface area contributed by atoms with E-state index < -0.39 is 5.97 Å². The molecule has 0 radical (unpaired) electrons. The molecule has 1 saturated carbocycles. The summed E-state index contributed by atoms with van der Waals surface area (Å²) in [5.74, 6) is -1.01. The van der Waals surface area contributed by atoms with Gasteiger partial charge < -0.3 is 5.11 Å². The number of carbonyl (C=O) groups is 1. The van der Waals surface area contributed by atoms with Crippen molar-refractivity contribution < 1.29 is 9.90 Å². The summed E-state index contributed by atoms with van der Waals surface area (Å²) in [6, 6.07) is 3.31. The van der Waals surface area contributed by atoms with Crippen LogP contribution in [-0.4, -0.2) is 26.1 Å². The second-order valence-electron chi connectivity index (χ2n) is 3.90. The van der Waals surface area contributed by atoms with E-state index in [-0.39, 0.29) is 5.56 Å². The topological polar surface area (TPSA) is 68.0 Å². The van der Waals surface area contributed by atoms with E-state index in [2.05, 4.69) is 10.3 Å². The van der Waals surface area contributed by atoms with Crippen LogP contribution in [0.3, 0.4) is 0 Å². The van der Waals surface area contributed by atoms with Crippen LogP contribution in [0, 0.1) is 0 Å². The Morgan fingerprint density at radius 2 is 2.25 bits per heavy atom. The molecule has 5 nitrogen and oxygen atoms in total. The highest BCUT2D eigenvalue weighted by molar-refractivity contribution is 6.35. The fourth-order valence-corrected chi connectivity index (χ4v) is 2.03. The molecule has 1 aromatic carbocycles. The smallest absolute Gasteiger partial charge is 0.335 e. The molecule has 3 rings (SSSR count). The molecule has 0 unspecified atom stereocenters. The molecule has 2 aromatic rings. The van der Waals surface area contributed by atoms with E-state index in [0.717, 1.165) is 18.4 Å². The molecule has 1 heterocycles. The van der Waals surface area contributed by atoms with Crippen molar-refractivity contribution in [3.8, 4) is 0 Å². The van der Waals surface area contributed by atoms with Gasteiger partial charge in [-0.15, -0.1) is 5.10 Å². The lowest BCUT2D eigenvalue weighted by Crippen LogP contribution is -1.98. The van der Waals surface area contributed by atoms with Gasteiger partial charge in [0, 0.05) is 0 Å². The van der Waals surface area contributed by atoms with Crippen LogP contribution in [0.2, 0.25) is 5.02 Å². The van der Waals surface area contributed by atoms with Crippen molar-refractivity contribution in [1.82, 2.24) is 15.0 Å². The summed E-state index contributed by atoms with van der Waals surface area (Å²) in [5, 5.41) is 17.2. The number of rotatable bonds is 2. The zero-order chi connectivity index (χ0) is 11.3. The summed E-state index contributed by atoms with van der Waals surface area (Å²) in [6.07, 6.45) is 2.16. The maximum Gasteiger partial charge on any atom is 0.335 e. The molecule has 0 spiro atoms. The lowest BCUT2D eigenvalue weighted by molar-refractivity contribution is 0.0697. The highest BCUT2D eigenvalue weighted by atomic mass is 35.5. The van der Waals surface area contributed by atoms with E-state index in [1.807, 2.05) is 0 Å². The van der Waals surface area contributed by atoms with Gasteiger partial charge in [-0.2, -0.15) is 0 Å². The van der Waals surface area contributed by atoms with E-state index in [0.29, 0.717) is 16.6 Å². The minimum absolute atomic E-state index is 0.139. The van der Waals surface area contributed by atoms with Gasteiger partial charge in [-0.3, -0.25) is 0 Å². The van der Waals surface area contributed by atoms with E-state index in [1.165, 1.54) is 12.1 Å². The molecular formula is C10H8ClN3O2. The fraction of sp³-hybridized carbons (Fsp3) is 0.300. The molecule has 0 saturated heterocycles.